The Labute approximate surface area is 141 Å². The summed E-state index contributed by atoms with van der Waals surface area (Å²) in [6.45, 7) is 8.97. The van der Waals surface area contributed by atoms with Gasteiger partial charge in [0.25, 0.3) is 0 Å². The molecule has 0 spiro atoms. The van der Waals surface area contributed by atoms with Crippen molar-refractivity contribution in [1.29, 1.82) is 0 Å². The molecular weight excluding hydrogens is 308 g/mol. The third-order valence-corrected chi connectivity index (χ3v) is 5.15. The topological polar surface area (TPSA) is 41.4 Å². The van der Waals surface area contributed by atoms with Crippen molar-refractivity contribution >= 4 is 17.2 Å². The predicted octanol–water partition coefficient (Wildman–Crippen LogP) is 2.30. The zero-order valence-electron chi connectivity index (χ0n) is 13.9. The first-order valence-corrected chi connectivity index (χ1v) is 9.03. The summed E-state index contributed by atoms with van der Waals surface area (Å²) in [6.07, 6.45) is 1.04. The molecule has 0 atom stereocenters. The van der Waals surface area contributed by atoms with Gasteiger partial charge in [0.15, 0.2) is 0 Å². The largest absolute Gasteiger partial charge is 0.340 e. The Kier molecular flexibility index (Phi) is 5.13. The Balaban J connectivity index is 1.54. The van der Waals surface area contributed by atoms with E-state index < -0.39 is 0 Å². The third kappa shape index (κ3) is 4.20. The average Bonchev–Trinajstić information content (AvgIpc) is 3.04. The number of thiophene rings is 1. The fourth-order valence-corrected chi connectivity index (χ4v) is 3.81. The van der Waals surface area contributed by atoms with E-state index in [1.54, 1.807) is 11.3 Å². The molecule has 2 aromatic rings. The van der Waals surface area contributed by atoms with Crippen molar-refractivity contribution in [3.8, 4) is 0 Å². The van der Waals surface area contributed by atoms with E-state index in [4.69, 9.17) is 0 Å². The van der Waals surface area contributed by atoms with Gasteiger partial charge in [-0.25, -0.2) is 0 Å². The molecule has 1 fully saturated rings. The standard InChI is InChI=1S/C17H24N4OS/c1-14-11-15(2)21(18-14)13-17(22)20-7-4-6-19(8-9-20)12-16-5-3-10-23-16/h3,5,10-11H,4,6-9,12-13H2,1-2H3. The van der Waals surface area contributed by atoms with E-state index in [1.807, 2.05) is 29.5 Å². The van der Waals surface area contributed by atoms with E-state index in [0.29, 0.717) is 6.54 Å². The molecule has 3 rings (SSSR count). The zero-order valence-corrected chi connectivity index (χ0v) is 14.7. The van der Waals surface area contributed by atoms with Gasteiger partial charge in [-0.1, -0.05) is 6.07 Å². The van der Waals surface area contributed by atoms with Gasteiger partial charge in [-0.05, 0) is 37.8 Å². The van der Waals surface area contributed by atoms with Crippen LogP contribution in [0.1, 0.15) is 22.7 Å². The highest BCUT2D eigenvalue weighted by atomic mass is 32.1. The number of carbonyl (C=O) groups excluding carboxylic acids is 1. The van der Waals surface area contributed by atoms with Crippen molar-refractivity contribution in [3.63, 3.8) is 0 Å². The van der Waals surface area contributed by atoms with E-state index in [0.717, 1.165) is 50.5 Å². The summed E-state index contributed by atoms with van der Waals surface area (Å²) >= 11 is 1.80. The van der Waals surface area contributed by atoms with E-state index >= 15 is 0 Å². The maximum Gasteiger partial charge on any atom is 0.244 e. The molecular formula is C17H24N4OS. The van der Waals surface area contributed by atoms with Gasteiger partial charge < -0.3 is 4.90 Å². The van der Waals surface area contributed by atoms with Crippen LogP contribution in [0.4, 0.5) is 0 Å². The summed E-state index contributed by atoms with van der Waals surface area (Å²) in [5.74, 6) is 0.175. The van der Waals surface area contributed by atoms with E-state index in [-0.39, 0.29) is 5.91 Å². The molecule has 2 aromatic heterocycles. The van der Waals surface area contributed by atoms with Crippen LogP contribution in [0.3, 0.4) is 0 Å². The van der Waals surface area contributed by atoms with Gasteiger partial charge in [0, 0.05) is 43.3 Å². The second-order valence-electron chi connectivity index (χ2n) is 6.17. The summed E-state index contributed by atoms with van der Waals surface area (Å²) in [7, 11) is 0. The Morgan fingerprint density at radius 1 is 1.26 bits per heavy atom. The fourth-order valence-electron chi connectivity index (χ4n) is 3.06. The number of hydrogen-bond acceptors (Lipinski definition) is 4. The van der Waals surface area contributed by atoms with Gasteiger partial charge in [-0.2, -0.15) is 5.10 Å². The van der Waals surface area contributed by atoms with Crippen molar-refractivity contribution < 1.29 is 4.79 Å². The molecule has 23 heavy (non-hydrogen) atoms. The Morgan fingerprint density at radius 3 is 2.83 bits per heavy atom. The van der Waals surface area contributed by atoms with Crippen LogP contribution in [-0.2, 0) is 17.9 Å². The summed E-state index contributed by atoms with van der Waals surface area (Å²) in [5.41, 5.74) is 2.01. The monoisotopic (exact) mass is 332 g/mol. The predicted molar refractivity (Wildman–Crippen MR) is 92.5 cm³/mol. The first kappa shape index (κ1) is 16.2. The molecule has 0 aromatic carbocycles. The number of aromatic nitrogens is 2. The molecule has 0 N–H and O–H groups in total. The Morgan fingerprint density at radius 2 is 2.13 bits per heavy atom. The lowest BCUT2D eigenvalue weighted by Gasteiger charge is -2.22. The van der Waals surface area contributed by atoms with Crippen molar-refractivity contribution in [2.24, 2.45) is 0 Å². The zero-order chi connectivity index (χ0) is 16.2. The van der Waals surface area contributed by atoms with Crippen LogP contribution < -0.4 is 0 Å². The van der Waals surface area contributed by atoms with Gasteiger partial charge in [-0.15, -0.1) is 11.3 Å². The minimum absolute atomic E-state index is 0.175. The van der Waals surface area contributed by atoms with Crippen LogP contribution in [0.25, 0.3) is 0 Å². The lowest BCUT2D eigenvalue weighted by Crippen LogP contribution is -2.37. The molecule has 1 amide bonds. The van der Waals surface area contributed by atoms with Gasteiger partial charge in [0.05, 0.1) is 5.69 Å². The molecule has 0 saturated carbocycles. The quantitative estimate of drug-likeness (QED) is 0.863. The Hall–Kier alpha value is -1.66. The van der Waals surface area contributed by atoms with Crippen LogP contribution in [-0.4, -0.2) is 51.7 Å². The van der Waals surface area contributed by atoms with Crippen molar-refractivity contribution in [3.05, 3.63) is 39.8 Å². The highest BCUT2D eigenvalue weighted by Crippen LogP contribution is 2.14. The Bertz CT molecular complexity index is 650. The van der Waals surface area contributed by atoms with Crippen LogP contribution in [0, 0.1) is 13.8 Å². The van der Waals surface area contributed by atoms with Crippen molar-refractivity contribution in [2.75, 3.05) is 26.2 Å². The average molecular weight is 332 g/mol. The molecule has 6 heteroatoms. The van der Waals surface area contributed by atoms with Crippen LogP contribution in [0.2, 0.25) is 0 Å². The van der Waals surface area contributed by atoms with Gasteiger partial charge in [-0.3, -0.25) is 14.4 Å². The van der Waals surface area contributed by atoms with Crippen molar-refractivity contribution in [2.45, 2.75) is 33.4 Å². The van der Waals surface area contributed by atoms with E-state index in [1.165, 1.54) is 4.88 Å². The van der Waals surface area contributed by atoms with Gasteiger partial charge in [0.1, 0.15) is 6.54 Å². The lowest BCUT2D eigenvalue weighted by atomic mass is 10.3. The SMILES string of the molecule is Cc1cc(C)n(CC(=O)N2CCCN(Cc3cccs3)CC2)n1. The minimum Gasteiger partial charge on any atom is -0.340 e. The first-order chi connectivity index (χ1) is 11.1. The molecule has 0 unspecified atom stereocenters. The second kappa shape index (κ2) is 7.27. The second-order valence-corrected chi connectivity index (χ2v) is 7.21. The van der Waals surface area contributed by atoms with Gasteiger partial charge in [0.2, 0.25) is 5.91 Å². The fraction of sp³-hybridized carbons (Fsp3) is 0.529. The minimum atomic E-state index is 0.175. The smallest absolute Gasteiger partial charge is 0.244 e. The molecule has 1 aliphatic heterocycles. The highest BCUT2D eigenvalue weighted by molar-refractivity contribution is 7.09. The third-order valence-electron chi connectivity index (χ3n) is 4.29. The molecule has 124 valence electrons. The number of carbonyl (C=O) groups is 1. The number of hydrogen-bond donors (Lipinski definition) is 0. The van der Waals surface area contributed by atoms with Crippen molar-refractivity contribution in [1.82, 2.24) is 19.6 Å². The summed E-state index contributed by atoms with van der Waals surface area (Å²) < 4.78 is 1.81. The summed E-state index contributed by atoms with van der Waals surface area (Å²) in [6, 6.07) is 6.29. The van der Waals surface area contributed by atoms with E-state index in [2.05, 4.69) is 27.5 Å². The maximum atomic E-state index is 12.6. The number of rotatable bonds is 4. The molecule has 1 saturated heterocycles. The van der Waals surface area contributed by atoms with Crippen LogP contribution >= 0.6 is 11.3 Å². The maximum absolute atomic E-state index is 12.6. The number of aryl methyl sites for hydroxylation is 2. The molecule has 1 aliphatic rings. The molecule has 0 aliphatic carbocycles. The summed E-state index contributed by atoms with van der Waals surface area (Å²) in [5, 5.41) is 6.52. The molecule has 3 heterocycles. The van der Waals surface area contributed by atoms with Crippen LogP contribution in [0.15, 0.2) is 23.6 Å². The number of nitrogens with zero attached hydrogens (tertiary/aromatic N) is 4. The lowest BCUT2D eigenvalue weighted by molar-refractivity contribution is -0.131. The summed E-state index contributed by atoms with van der Waals surface area (Å²) in [4.78, 5) is 18.4. The normalized spacial score (nSPS) is 16.5. The molecule has 5 nitrogen and oxygen atoms in total. The van der Waals surface area contributed by atoms with E-state index in [9.17, 15) is 4.79 Å². The first-order valence-electron chi connectivity index (χ1n) is 8.15. The molecule has 0 bridgehead atoms. The number of amides is 1. The highest BCUT2D eigenvalue weighted by Gasteiger charge is 2.20. The molecule has 0 radical (unpaired) electrons. The van der Waals surface area contributed by atoms with Crippen LogP contribution in [0.5, 0.6) is 0 Å². The van der Waals surface area contributed by atoms with Gasteiger partial charge >= 0.3 is 0 Å².